The van der Waals surface area contributed by atoms with Crippen molar-refractivity contribution in [2.45, 2.75) is 26.7 Å². The molecule has 7 heteroatoms. The van der Waals surface area contributed by atoms with Gasteiger partial charge in [-0.2, -0.15) is 5.10 Å². The zero-order chi connectivity index (χ0) is 23.2. The summed E-state index contributed by atoms with van der Waals surface area (Å²) in [7, 11) is 0. The summed E-state index contributed by atoms with van der Waals surface area (Å²) < 4.78 is 14.9. The molecule has 1 aromatic heterocycles. The topological polar surface area (TPSA) is 53.4 Å². The predicted molar refractivity (Wildman–Crippen MR) is 130 cm³/mol. The van der Waals surface area contributed by atoms with Crippen LogP contribution in [0.1, 0.15) is 35.0 Å². The van der Waals surface area contributed by atoms with E-state index in [1.807, 2.05) is 6.92 Å². The zero-order valence-corrected chi connectivity index (χ0v) is 19.4. The van der Waals surface area contributed by atoms with Gasteiger partial charge in [0.1, 0.15) is 5.82 Å². The van der Waals surface area contributed by atoms with E-state index in [4.69, 9.17) is 0 Å². The molecule has 174 valence electrons. The molecule has 1 saturated heterocycles. The maximum absolute atomic E-state index is 13.2. The van der Waals surface area contributed by atoms with Crippen molar-refractivity contribution in [3.63, 3.8) is 0 Å². The number of rotatable bonds is 8. The van der Waals surface area contributed by atoms with Gasteiger partial charge in [0.05, 0.1) is 23.1 Å². The number of benzene rings is 2. The molecule has 0 aliphatic carbocycles. The van der Waals surface area contributed by atoms with Gasteiger partial charge in [0.2, 0.25) is 0 Å². The monoisotopic (exact) mass is 449 g/mol. The second-order valence-corrected chi connectivity index (χ2v) is 8.52. The second-order valence-electron chi connectivity index (χ2n) is 8.52. The van der Waals surface area contributed by atoms with E-state index >= 15 is 0 Å². The lowest BCUT2D eigenvalue weighted by Crippen LogP contribution is -2.47. The molecule has 0 unspecified atom stereocenters. The summed E-state index contributed by atoms with van der Waals surface area (Å²) in [6.45, 7) is 9.84. The number of carbonyl (C=O) groups is 1. The Morgan fingerprint density at radius 1 is 1.06 bits per heavy atom. The van der Waals surface area contributed by atoms with Crippen LogP contribution in [-0.4, -0.2) is 59.9 Å². The highest BCUT2D eigenvalue weighted by Gasteiger charge is 2.19. The van der Waals surface area contributed by atoms with E-state index in [9.17, 15) is 9.18 Å². The van der Waals surface area contributed by atoms with Crippen LogP contribution in [-0.2, 0) is 6.42 Å². The first-order valence-electron chi connectivity index (χ1n) is 11.7. The van der Waals surface area contributed by atoms with Gasteiger partial charge < -0.3 is 10.2 Å². The van der Waals surface area contributed by atoms with E-state index in [1.54, 1.807) is 23.0 Å². The average molecular weight is 450 g/mol. The molecule has 1 N–H and O–H groups in total. The van der Waals surface area contributed by atoms with Gasteiger partial charge in [-0.1, -0.05) is 19.1 Å². The molecule has 0 saturated carbocycles. The lowest BCUT2D eigenvalue weighted by molar-refractivity contribution is 0.0950. The first-order valence-corrected chi connectivity index (χ1v) is 11.7. The number of hydrogen-bond acceptors (Lipinski definition) is 4. The summed E-state index contributed by atoms with van der Waals surface area (Å²) in [5.41, 5.74) is 4.74. The predicted octanol–water partition coefficient (Wildman–Crippen LogP) is 3.82. The van der Waals surface area contributed by atoms with Crippen molar-refractivity contribution in [1.29, 1.82) is 0 Å². The number of hydrogen-bond donors (Lipinski definition) is 1. The Hall–Kier alpha value is -3.19. The fraction of sp³-hybridized carbons (Fsp3) is 0.385. The molecule has 1 amide bonds. The van der Waals surface area contributed by atoms with Crippen LogP contribution < -0.4 is 10.2 Å². The molecule has 1 aliphatic heterocycles. The number of carbonyl (C=O) groups excluding carboxylic acids is 1. The summed E-state index contributed by atoms with van der Waals surface area (Å²) >= 11 is 0. The Morgan fingerprint density at radius 3 is 2.52 bits per heavy atom. The van der Waals surface area contributed by atoms with Crippen molar-refractivity contribution in [3.05, 3.63) is 77.4 Å². The molecule has 0 radical (unpaired) electrons. The molecule has 33 heavy (non-hydrogen) atoms. The van der Waals surface area contributed by atoms with Crippen molar-refractivity contribution in [3.8, 4) is 5.69 Å². The van der Waals surface area contributed by atoms with E-state index in [1.165, 1.54) is 23.4 Å². The molecule has 6 nitrogen and oxygen atoms in total. The third kappa shape index (κ3) is 5.60. The van der Waals surface area contributed by atoms with Crippen LogP contribution in [0.2, 0.25) is 0 Å². The Kier molecular flexibility index (Phi) is 7.40. The first kappa shape index (κ1) is 23.0. The van der Waals surface area contributed by atoms with Gasteiger partial charge in [-0.25, -0.2) is 9.07 Å². The Bertz CT molecular complexity index is 1070. The van der Waals surface area contributed by atoms with Crippen molar-refractivity contribution in [2.75, 3.05) is 44.2 Å². The fourth-order valence-corrected chi connectivity index (χ4v) is 4.36. The lowest BCUT2D eigenvalue weighted by atomic mass is 10.2. The van der Waals surface area contributed by atoms with Gasteiger partial charge in [-0.3, -0.25) is 9.69 Å². The van der Waals surface area contributed by atoms with Gasteiger partial charge in [0, 0.05) is 38.4 Å². The molecule has 2 heterocycles. The van der Waals surface area contributed by atoms with Crippen molar-refractivity contribution >= 4 is 11.6 Å². The number of amides is 1. The minimum atomic E-state index is -0.293. The van der Waals surface area contributed by atoms with Gasteiger partial charge in [-0.05, 0) is 68.3 Å². The molecule has 0 atom stereocenters. The smallest absolute Gasteiger partial charge is 0.254 e. The molecule has 3 aromatic rings. The summed E-state index contributed by atoms with van der Waals surface area (Å²) in [6.07, 6.45) is 3.16. The van der Waals surface area contributed by atoms with E-state index in [0.29, 0.717) is 18.5 Å². The average Bonchev–Trinajstić information content (AvgIpc) is 3.27. The summed E-state index contributed by atoms with van der Waals surface area (Å²) in [5, 5.41) is 7.41. The highest BCUT2D eigenvalue weighted by atomic mass is 19.1. The van der Waals surface area contributed by atoms with Crippen LogP contribution in [0.25, 0.3) is 5.69 Å². The van der Waals surface area contributed by atoms with Gasteiger partial charge >= 0.3 is 0 Å². The zero-order valence-electron chi connectivity index (χ0n) is 19.4. The Labute approximate surface area is 195 Å². The number of anilines is 1. The minimum absolute atomic E-state index is 0.107. The van der Waals surface area contributed by atoms with Crippen LogP contribution >= 0.6 is 0 Å². The first-order chi connectivity index (χ1) is 16.0. The number of nitrogens with one attached hydrogen (secondary N) is 1. The quantitative estimate of drug-likeness (QED) is 0.531. The standard InChI is InChI=1S/C26H32FN5O/c1-3-25-24(19-29-32(25)22-10-8-21(27)9-11-22)26(33)28-12-5-13-30-14-16-31(17-15-30)23-7-4-6-20(2)18-23/h4,6-11,18-19H,3,5,12-17H2,1-2H3,(H,28,33). The number of nitrogens with zero attached hydrogens (tertiary/aromatic N) is 4. The van der Waals surface area contributed by atoms with Gasteiger partial charge in [0.15, 0.2) is 0 Å². The second kappa shape index (κ2) is 10.6. The number of halogens is 1. The molecule has 0 bridgehead atoms. The largest absolute Gasteiger partial charge is 0.369 e. The van der Waals surface area contributed by atoms with Gasteiger partial charge in [-0.15, -0.1) is 0 Å². The van der Waals surface area contributed by atoms with E-state index in [0.717, 1.165) is 50.5 Å². The molecule has 4 rings (SSSR count). The third-order valence-corrected chi connectivity index (χ3v) is 6.20. The van der Waals surface area contributed by atoms with E-state index < -0.39 is 0 Å². The fourth-order valence-electron chi connectivity index (χ4n) is 4.36. The molecular formula is C26H32FN5O. The van der Waals surface area contributed by atoms with E-state index in [-0.39, 0.29) is 11.7 Å². The summed E-state index contributed by atoms with van der Waals surface area (Å²) in [6, 6.07) is 14.8. The molecular weight excluding hydrogens is 417 g/mol. The molecule has 1 fully saturated rings. The Morgan fingerprint density at radius 2 is 1.82 bits per heavy atom. The Balaban J connectivity index is 1.24. The lowest BCUT2D eigenvalue weighted by Gasteiger charge is -2.36. The van der Waals surface area contributed by atoms with Crippen LogP contribution in [0, 0.1) is 12.7 Å². The van der Waals surface area contributed by atoms with Crippen molar-refractivity contribution in [2.24, 2.45) is 0 Å². The maximum atomic E-state index is 13.2. The normalized spacial score (nSPS) is 14.5. The van der Waals surface area contributed by atoms with Crippen LogP contribution in [0.3, 0.4) is 0 Å². The van der Waals surface area contributed by atoms with Crippen molar-refractivity contribution in [1.82, 2.24) is 20.0 Å². The SMILES string of the molecule is CCc1c(C(=O)NCCCN2CCN(c3cccc(C)c3)CC2)cnn1-c1ccc(F)cc1. The summed E-state index contributed by atoms with van der Waals surface area (Å²) in [4.78, 5) is 17.7. The van der Waals surface area contributed by atoms with Crippen LogP contribution in [0.4, 0.5) is 10.1 Å². The highest BCUT2D eigenvalue weighted by Crippen LogP contribution is 2.18. The van der Waals surface area contributed by atoms with E-state index in [2.05, 4.69) is 51.4 Å². The van der Waals surface area contributed by atoms with Crippen molar-refractivity contribution < 1.29 is 9.18 Å². The molecule has 1 aliphatic rings. The number of aromatic nitrogens is 2. The van der Waals surface area contributed by atoms with Gasteiger partial charge in [0.25, 0.3) is 5.91 Å². The molecule has 2 aromatic carbocycles. The number of aryl methyl sites for hydroxylation is 1. The molecule has 0 spiro atoms. The van der Waals surface area contributed by atoms with Crippen LogP contribution in [0.15, 0.2) is 54.7 Å². The van der Waals surface area contributed by atoms with Crippen LogP contribution in [0.5, 0.6) is 0 Å². The number of piperazine rings is 1. The maximum Gasteiger partial charge on any atom is 0.254 e. The highest BCUT2D eigenvalue weighted by molar-refractivity contribution is 5.95. The minimum Gasteiger partial charge on any atom is -0.369 e. The third-order valence-electron chi connectivity index (χ3n) is 6.20. The summed E-state index contributed by atoms with van der Waals surface area (Å²) in [5.74, 6) is -0.400.